The zero-order valence-electron chi connectivity index (χ0n) is 12.8. The number of amides is 1. The van der Waals surface area contributed by atoms with Crippen LogP contribution in [0.4, 0.5) is 5.69 Å². The lowest BCUT2D eigenvalue weighted by molar-refractivity contribution is -0.122. The van der Waals surface area contributed by atoms with E-state index in [4.69, 9.17) is 4.74 Å². The van der Waals surface area contributed by atoms with Gasteiger partial charge in [0.2, 0.25) is 0 Å². The number of hydrogen-bond donors (Lipinski definition) is 2. The molecule has 3 aliphatic heterocycles. The van der Waals surface area contributed by atoms with Gasteiger partial charge in [-0.25, -0.2) is 5.43 Å². The molecule has 3 heterocycles. The van der Waals surface area contributed by atoms with Crippen molar-refractivity contribution < 1.29 is 9.53 Å². The van der Waals surface area contributed by atoms with Crippen LogP contribution in [0, 0.1) is 5.92 Å². The molecule has 22 heavy (non-hydrogen) atoms. The zero-order valence-corrected chi connectivity index (χ0v) is 12.8. The lowest BCUT2D eigenvalue weighted by Crippen LogP contribution is -2.55. The van der Waals surface area contributed by atoms with Crippen molar-refractivity contribution >= 4 is 17.4 Å². The lowest BCUT2D eigenvalue weighted by atomic mass is 9.83. The van der Waals surface area contributed by atoms with Crippen molar-refractivity contribution in [3.05, 3.63) is 23.8 Å². The molecule has 4 rings (SSSR count). The summed E-state index contributed by atoms with van der Waals surface area (Å²) in [5, 5.41) is 7.45. The highest BCUT2D eigenvalue weighted by Crippen LogP contribution is 2.38. The molecule has 1 aromatic carbocycles. The monoisotopic (exact) mass is 300 g/mol. The quantitative estimate of drug-likeness (QED) is 0.856. The van der Waals surface area contributed by atoms with Gasteiger partial charge in [-0.2, -0.15) is 5.10 Å². The Morgan fingerprint density at radius 3 is 2.95 bits per heavy atom. The summed E-state index contributed by atoms with van der Waals surface area (Å²) >= 11 is 0. The number of hydrazone groups is 1. The smallest absolute Gasteiger partial charge is 0.262 e. The number of fused-ring (bicyclic) bond motifs is 3. The standard InChI is InChI=1S/C16H20N4O2/c1-9(12-6-17-7-12)11-3-4-14-13(5-11)20-10(2)16(21)19-18-15(20)8-22-14/h3-5,9-10,12,17H,6-8H2,1-2H3,(H,19,21)/t9-,10-/m1/s1. The van der Waals surface area contributed by atoms with Gasteiger partial charge in [-0.3, -0.25) is 4.79 Å². The van der Waals surface area contributed by atoms with E-state index in [-0.39, 0.29) is 11.9 Å². The Labute approximate surface area is 129 Å². The second kappa shape index (κ2) is 4.98. The predicted octanol–water partition coefficient (Wildman–Crippen LogP) is 1.04. The van der Waals surface area contributed by atoms with E-state index in [2.05, 4.69) is 34.9 Å². The largest absolute Gasteiger partial charge is 0.483 e. The summed E-state index contributed by atoms with van der Waals surface area (Å²) < 4.78 is 5.78. The van der Waals surface area contributed by atoms with Crippen molar-refractivity contribution in [3.8, 4) is 5.75 Å². The molecule has 6 nitrogen and oxygen atoms in total. The summed E-state index contributed by atoms with van der Waals surface area (Å²) in [6.45, 7) is 6.69. The number of hydrogen-bond acceptors (Lipinski definition) is 5. The van der Waals surface area contributed by atoms with E-state index in [0.717, 1.165) is 30.4 Å². The molecular weight excluding hydrogens is 280 g/mol. The maximum Gasteiger partial charge on any atom is 0.262 e. The summed E-state index contributed by atoms with van der Waals surface area (Å²) in [4.78, 5) is 13.9. The number of nitrogens with zero attached hydrogens (tertiary/aromatic N) is 2. The Hall–Kier alpha value is -2.08. The summed E-state index contributed by atoms with van der Waals surface area (Å²) in [5.41, 5.74) is 4.79. The van der Waals surface area contributed by atoms with Gasteiger partial charge in [0.1, 0.15) is 18.4 Å². The summed E-state index contributed by atoms with van der Waals surface area (Å²) in [6.07, 6.45) is 0. The van der Waals surface area contributed by atoms with E-state index < -0.39 is 0 Å². The van der Waals surface area contributed by atoms with E-state index in [1.54, 1.807) is 0 Å². The highest BCUT2D eigenvalue weighted by molar-refractivity contribution is 6.09. The van der Waals surface area contributed by atoms with Crippen LogP contribution < -0.4 is 20.4 Å². The third-order valence-electron chi connectivity index (χ3n) is 4.99. The molecule has 3 aliphatic rings. The summed E-state index contributed by atoms with van der Waals surface area (Å²) in [6, 6.07) is 6.04. The highest BCUT2D eigenvalue weighted by Gasteiger charge is 2.35. The molecule has 1 amide bonds. The molecule has 0 saturated carbocycles. The van der Waals surface area contributed by atoms with Crippen molar-refractivity contribution in [1.82, 2.24) is 10.7 Å². The van der Waals surface area contributed by atoms with Gasteiger partial charge in [0.15, 0.2) is 5.84 Å². The average Bonchev–Trinajstić information content (AvgIpc) is 2.48. The fraction of sp³-hybridized carbons (Fsp3) is 0.500. The van der Waals surface area contributed by atoms with Gasteiger partial charge in [-0.15, -0.1) is 0 Å². The molecular formula is C16H20N4O2. The van der Waals surface area contributed by atoms with Crippen LogP contribution in [-0.2, 0) is 4.79 Å². The lowest BCUT2D eigenvalue weighted by Gasteiger charge is -2.39. The topological polar surface area (TPSA) is 66.0 Å². The first kappa shape index (κ1) is 13.6. The van der Waals surface area contributed by atoms with Gasteiger partial charge < -0.3 is 15.0 Å². The molecule has 0 bridgehead atoms. The van der Waals surface area contributed by atoms with Crippen LogP contribution in [-0.4, -0.2) is 37.5 Å². The molecule has 0 spiro atoms. The minimum atomic E-state index is -0.272. The Balaban J connectivity index is 1.73. The van der Waals surface area contributed by atoms with E-state index in [1.165, 1.54) is 5.56 Å². The number of anilines is 1. The summed E-state index contributed by atoms with van der Waals surface area (Å²) in [7, 11) is 0. The van der Waals surface area contributed by atoms with Crippen LogP contribution in [0.25, 0.3) is 0 Å². The Bertz CT molecular complexity index is 654. The average molecular weight is 300 g/mol. The van der Waals surface area contributed by atoms with Crippen LogP contribution >= 0.6 is 0 Å². The first-order valence-electron chi connectivity index (χ1n) is 7.78. The molecule has 6 heteroatoms. The maximum absolute atomic E-state index is 11.9. The van der Waals surface area contributed by atoms with Crippen molar-refractivity contribution in [2.24, 2.45) is 11.0 Å². The first-order chi connectivity index (χ1) is 10.6. The van der Waals surface area contributed by atoms with Crippen LogP contribution in [0.3, 0.4) is 0 Å². The second-order valence-electron chi connectivity index (χ2n) is 6.27. The van der Waals surface area contributed by atoms with Gasteiger partial charge in [-0.05, 0) is 49.5 Å². The molecule has 1 fully saturated rings. The zero-order chi connectivity index (χ0) is 15.3. The number of rotatable bonds is 2. The van der Waals surface area contributed by atoms with E-state index in [1.807, 2.05) is 17.9 Å². The fourth-order valence-electron chi connectivity index (χ4n) is 3.26. The van der Waals surface area contributed by atoms with Gasteiger partial charge in [0, 0.05) is 0 Å². The predicted molar refractivity (Wildman–Crippen MR) is 84.2 cm³/mol. The SMILES string of the molecule is C[C@H](c1ccc2c(c1)N1C(=NNC(=O)[C@H]1C)CO2)C1CNC1. The fourth-order valence-corrected chi connectivity index (χ4v) is 3.26. The van der Waals surface area contributed by atoms with Crippen LogP contribution in [0.2, 0.25) is 0 Å². The number of carbonyl (C=O) groups is 1. The van der Waals surface area contributed by atoms with Crippen molar-refractivity contribution in [2.75, 3.05) is 24.6 Å². The molecule has 0 unspecified atom stereocenters. The molecule has 116 valence electrons. The Kier molecular flexibility index (Phi) is 3.07. The van der Waals surface area contributed by atoms with Gasteiger partial charge in [-0.1, -0.05) is 13.0 Å². The van der Waals surface area contributed by atoms with Crippen molar-refractivity contribution in [1.29, 1.82) is 0 Å². The number of ether oxygens (including phenoxy) is 1. The van der Waals surface area contributed by atoms with Gasteiger partial charge in [0.05, 0.1) is 5.69 Å². The number of amidine groups is 1. The van der Waals surface area contributed by atoms with Crippen LogP contribution in [0.1, 0.15) is 25.3 Å². The third-order valence-corrected chi connectivity index (χ3v) is 4.99. The molecule has 2 N–H and O–H groups in total. The summed E-state index contributed by atoms with van der Waals surface area (Å²) in [5.74, 6) is 2.66. The maximum atomic E-state index is 11.9. The number of nitrogens with one attached hydrogen (secondary N) is 2. The van der Waals surface area contributed by atoms with Crippen molar-refractivity contribution in [3.63, 3.8) is 0 Å². The van der Waals surface area contributed by atoms with Crippen LogP contribution in [0.5, 0.6) is 5.75 Å². The first-order valence-corrected chi connectivity index (χ1v) is 7.78. The molecule has 0 aliphatic carbocycles. The van der Waals surface area contributed by atoms with E-state index in [9.17, 15) is 4.79 Å². The third kappa shape index (κ3) is 1.98. The van der Waals surface area contributed by atoms with E-state index >= 15 is 0 Å². The van der Waals surface area contributed by atoms with Gasteiger partial charge in [0.25, 0.3) is 5.91 Å². The second-order valence-corrected chi connectivity index (χ2v) is 6.27. The van der Waals surface area contributed by atoms with Crippen molar-refractivity contribution in [2.45, 2.75) is 25.8 Å². The minimum absolute atomic E-state index is 0.0850. The normalized spacial score (nSPS) is 25.2. The molecule has 0 radical (unpaired) electrons. The Morgan fingerprint density at radius 2 is 2.23 bits per heavy atom. The van der Waals surface area contributed by atoms with Crippen LogP contribution in [0.15, 0.2) is 23.3 Å². The Morgan fingerprint density at radius 1 is 1.41 bits per heavy atom. The van der Waals surface area contributed by atoms with Gasteiger partial charge >= 0.3 is 0 Å². The minimum Gasteiger partial charge on any atom is -0.483 e. The molecule has 0 aromatic heterocycles. The molecule has 2 atom stereocenters. The number of carbonyl (C=O) groups excluding carboxylic acids is 1. The number of benzene rings is 1. The van der Waals surface area contributed by atoms with E-state index in [0.29, 0.717) is 18.4 Å². The molecule has 1 aromatic rings. The molecule has 1 saturated heterocycles. The highest BCUT2D eigenvalue weighted by atomic mass is 16.5.